The van der Waals surface area contributed by atoms with Gasteiger partial charge in [0.05, 0.1) is 28.3 Å². The lowest BCUT2D eigenvalue weighted by Crippen LogP contribution is -2.26. The summed E-state index contributed by atoms with van der Waals surface area (Å²) in [7, 11) is 1.10. The third kappa shape index (κ3) is 3.87. The molecule has 1 heterocycles. The van der Waals surface area contributed by atoms with E-state index < -0.39 is 40.3 Å². The normalized spacial score (nSPS) is 12.5. The van der Waals surface area contributed by atoms with Crippen molar-refractivity contribution in [3.63, 3.8) is 0 Å². The number of hydrogen-bond donors (Lipinski definition) is 0. The van der Waals surface area contributed by atoms with Gasteiger partial charge in [-0.15, -0.1) is 0 Å². The summed E-state index contributed by atoms with van der Waals surface area (Å²) in [6.45, 7) is 1.28. The second-order valence-corrected chi connectivity index (χ2v) is 5.36. The maximum Gasteiger partial charge on any atom is 0.416 e. The van der Waals surface area contributed by atoms with Gasteiger partial charge >= 0.3 is 17.8 Å². The molecule has 26 heavy (non-hydrogen) atoms. The van der Waals surface area contributed by atoms with Crippen molar-refractivity contribution in [2.45, 2.75) is 19.2 Å². The highest BCUT2D eigenvalue weighted by atomic mass is 35.5. The number of alkyl halides is 3. The molecule has 1 unspecified atom stereocenters. The SMILES string of the molecule is COC(=O)C(C)Oc1c([N+](=O)[O-])cnn1-c1ccc(C(F)(F)F)cc1Cl. The van der Waals surface area contributed by atoms with Crippen LogP contribution in [0.25, 0.3) is 5.69 Å². The van der Waals surface area contributed by atoms with Gasteiger partial charge < -0.3 is 9.47 Å². The zero-order valence-electron chi connectivity index (χ0n) is 13.3. The lowest BCUT2D eigenvalue weighted by molar-refractivity contribution is -0.386. The highest BCUT2D eigenvalue weighted by Gasteiger charge is 2.32. The smallest absolute Gasteiger partial charge is 0.416 e. The quantitative estimate of drug-likeness (QED) is 0.439. The fraction of sp³-hybridized carbons (Fsp3) is 0.286. The second-order valence-electron chi connectivity index (χ2n) is 4.95. The Balaban J connectivity index is 2.53. The van der Waals surface area contributed by atoms with Crippen LogP contribution in [-0.4, -0.2) is 33.9 Å². The molecule has 0 saturated heterocycles. The Hall–Kier alpha value is -2.82. The summed E-state index contributed by atoms with van der Waals surface area (Å²) in [6.07, 6.45) is -5.02. The Morgan fingerprint density at radius 1 is 1.42 bits per heavy atom. The molecule has 1 atom stereocenters. The van der Waals surface area contributed by atoms with E-state index in [4.69, 9.17) is 16.3 Å². The molecule has 0 radical (unpaired) electrons. The van der Waals surface area contributed by atoms with E-state index in [-0.39, 0.29) is 10.7 Å². The van der Waals surface area contributed by atoms with Crippen molar-refractivity contribution in [3.05, 3.63) is 45.1 Å². The van der Waals surface area contributed by atoms with Gasteiger partial charge in [-0.25, -0.2) is 4.79 Å². The minimum absolute atomic E-state index is 0.0974. The van der Waals surface area contributed by atoms with Crippen molar-refractivity contribution in [3.8, 4) is 11.6 Å². The van der Waals surface area contributed by atoms with Crippen molar-refractivity contribution >= 4 is 23.3 Å². The first-order chi connectivity index (χ1) is 12.1. The Bertz CT molecular complexity index is 853. The summed E-state index contributed by atoms with van der Waals surface area (Å²) < 4.78 is 48.8. The molecule has 0 spiro atoms. The molecular formula is C14H11ClF3N3O5. The molecule has 0 aliphatic carbocycles. The van der Waals surface area contributed by atoms with Gasteiger partial charge in [0.25, 0.3) is 5.88 Å². The summed E-state index contributed by atoms with van der Waals surface area (Å²) in [5, 5.41) is 14.5. The predicted molar refractivity (Wildman–Crippen MR) is 82.3 cm³/mol. The van der Waals surface area contributed by atoms with E-state index in [2.05, 4.69) is 9.84 Å². The topological polar surface area (TPSA) is 96.5 Å². The van der Waals surface area contributed by atoms with Gasteiger partial charge in [-0.05, 0) is 25.1 Å². The summed E-state index contributed by atoms with van der Waals surface area (Å²) in [6, 6.07) is 2.37. The number of nitrogens with zero attached hydrogens (tertiary/aromatic N) is 3. The van der Waals surface area contributed by atoms with Crippen LogP contribution in [0.5, 0.6) is 5.88 Å². The van der Waals surface area contributed by atoms with Crippen molar-refractivity contribution < 1.29 is 32.4 Å². The monoisotopic (exact) mass is 393 g/mol. The van der Waals surface area contributed by atoms with Crippen LogP contribution in [0.15, 0.2) is 24.4 Å². The van der Waals surface area contributed by atoms with Gasteiger partial charge in [-0.1, -0.05) is 11.6 Å². The average Bonchev–Trinajstić information content (AvgIpc) is 2.96. The van der Waals surface area contributed by atoms with Crippen molar-refractivity contribution in [1.29, 1.82) is 0 Å². The highest BCUT2D eigenvalue weighted by molar-refractivity contribution is 6.32. The van der Waals surface area contributed by atoms with Gasteiger partial charge in [0.2, 0.25) is 0 Å². The first kappa shape index (κ1) is 19.5. The fourth-order valence-electron chi connectivity index (χ4n) is 1.97. The summed E-state index contributed by atoms with van der Waals surface area (Å²) >= 11 is 5.88. The zero-order valence-corrected chi connectivity index (χ0v) is 14.0. The fourth-order valence-corrected chi connectivity index (χ4v) is 2.23. The lowest BCUT2D eigenvalue weighted by atomic mass is 10.2. The molecule has 0 bridgehead atoms. The molecular weight excluding hydrogens is 383 g/mol. The number of ether oxygens (including phenoxy) is 2. The minimum Gasteiger partial charge on any atom is -0.466 e. The van der Waals surface area contributed by atoms with E-state index in [1.165, 1.54) is 6.92 Å². The predicted octanol–water partition coefficient (Wildman–Crippen LogP) is 3.39. The molecule has 2 rings (SSSR count). The third-order valence-corrected chi connectivity index (χ3v) is 3.53. The molecule has 0 N–H and O–H groups in total. The van der Waals surface area contributed by atoms with E-state index >= 15 is 0 Å². The van der Waals surface area contributed by atoms with Crippen molar-refractivity contribution in [1.82, 2.24) is 9.78 Å². The molecule has 1 aromatic heterocycles. The molecule has 0 aliphatic heterocycles. The maximum atomic E-state index is 12.7. The van der Waals surface area contributed by atoms with Crippen LogP contribution >= 0.6 is 11.6 Å². The summed E-state index contributed by atoms with van der Waals surface area (Å²) in [5.41, 5.74) is -1.70. The van der Waals surface area contributed by atoms with Gasteiger partial charge in [0, 0.05) is 0 Å². The van der Waals surface area contributed by atoms with E-state index in [0.29, 0.717) is 6.07 Å². The lowest BCUT2D eigenvalue weighted by Gasteiger charge is -2.15. The Labute approximate surface area is 149 Å². The number of aromatic nitrogens is 2. The maximum absolute atomic E-state index is 12.7. The molecule has 140 valence electrons. The molecule has 0 aliphatic rings. The molecule has 1 aromatic carbocycles. The van der Waals surface area contributed by atoms with Crippen LogP contribution in [0.3, 0.4) is 0 Å². The number of esters is 1. The van der Waals surface area contributed by atoms with Crippen LogP contribution in [0.4, 0.5) is 18.9 Å². The van der Waals surface area contributed by atoms with Gasteiger partial charge in [-0.3, -0.25) is 10.1 Å². The molecule has 0 fully saturated rings. The Morgan fingerprint density at radius 3 is 2.58 bits per heavy atom. The Kier molecular flexibility index (Phi) is 5.40. The van der Waals surface area contributed by atoms with Gasteiger partial charge in [0.1, 0.15) is 6.20 Å². The van der Waals surface area contributed by atoms with E-state index in [1.807, 2.05) is 0 Å². The summed E-state index contributed by atoms with van der Waals surface area (Å²) in [5.74, 6) is -1.29. The summed E-state index contributed by atoms with van der Waals surface area (Å²) in [4.78, 5) is 21.8. The van der Waals surface area contributed by atoms with Crippen LogP contribution in [0.2, 0.25) is 5.02 Å². The molecule has 0 amide bonds. The molecule has 0 saturated carbocycles. The Morgan fingerprint density at radius 2 is 2.08 bits per heavy atom. The number of rotatable bonds is 5. The minimum atomic E-state index is -4.61. The number of hydrogen-bond acceptors (Lipinski definition) is 6. The first-order valence-electron chi connectivity index (χ1n) is 6.90. The number of nitro groups is 1. The third-order valence-electron chi connectivity index (χ3n) is 3.23. The first-order valence-corrected chi connectivity index (χ1v) is 7.28. The number of halogens is 4. The van der Waals surface area contributed by atoms with Crippen molar-refractivity contribution in [2.75, 3.05) is 7.11 Å². The largest absolute Gasteiger partial charge is 0.466 e. The zero-order chi connectivity index (χ0) is 19.6. The van der Waals surface area contributed by atoms with E-state index in [0.717, 1.165) is 30.1 Å². The van der Waals surface area contributed by atoms with Crippen LogP contribution in [0.1, 0.15) is 12.5 Å². The number of benzene rings is 1. The molecule has 8 nitrogen and oxygen atoms in total. The number of methoxy groups -OCH3 is 1. The van der Waals surface area contributed by atoms with Crippen LogP contribution < -0.4 is 4.74 Å². The average molecular weight is 394 g/mol. The van der Waals surface area contributed by atoms with Gasteiger partial charge in [0.15, 0.2) is 6.10 Å². The van der Waals surface area contributed by atoms with Gasteiger partial charge in [-0.2, -0.15) is 23.0 Å². The molecule has 2 aromatic rings. The second kappa shape index (κ2) is 7.20. The van der Waals surface area contributed by atoms with Crippen LogP contribution in [0, 0.1) is 10.1 Å². The van der Waals surface area contributed by atoms with Crippen molar-refractivity contribution in [2.24, 2.45) is 0 Å². The van der Waals surface area contributed by atoms with E-state index in [9.17, 15) is 28.1 Å². The highest BCUT2D eigenvalue weighted by Crippen LogP contribution is 2.36. The van der Waals surface area contributed by atoms with E-state index in [1.54, 1.807) is 0 Å². The standard InChI is InChI=1S/C14H11ClF3N3O5/c1-7(13(22)25-2)26-12-11(21(23)24)6-19-20(12)10-4-3-8(5-9(10)15)14(16,17)18/h3-7H,1-2H3. The van der Waals surface area contributed by atoms with Crippen LogP contribution in [-0.2, 0) is 15.7 Å². The number of carbonyl (C=O) groups excluding carboxylic acids is 1. The molecule has 12 heteroatoms. The number of carbonyl (C=O) groups is 1.